The number of nitrogens with one attached hydrogen (secondary N) is 1. The van der Waals surface area contributed by atoms with E-state index in [2.05, 4.69) is 12.2 Å². The summed E-state index contributed by atoms with van der Waals surface area (Å²) in [5, 5.41) is 14.2. The lowest BCUT2D eigenvalue weighted by Crippen LogP contribution is -2.05. The molecule has 0 heterocycles. The lowest BCUT2D eigenvalue weighted by atomic mass is 10.2. The van der Waals surface area contributed by atoms with E-state index in [1.165, 1.54) is 19.3 Å². The zero-order valence-electron chi connectivity index (χ0n) is 10.3. The lowest BCUT2D eigenvalue weighted by Gasteiger charge is -2.06. The van der Waals surface area contributed by atoms with Crippen LogP contribution in [0.2, 0.25) is 0 Å². The van der Waals surface area contributed by atoms with Crippen LogP contribution < -0.4 is 5.32 Å². The third-order valence-electron chi connectivity index (χ3n) is 3.34. The summed E-state index contributed by atoms with van der Waals surface area (Å²) in [6.07, 6.45) is 3.64. The van der Waals surface area contributed by atoms with Crippen molar-refractivity contribution in [1.82, 2.24) is 0 Å². The summed E-state index contributed by atoms with van der Waals surface area (Å²) >= 11 is 0. The van der Waals surface area contributed by atoms with Crippen molar-refractivity contribution < 1.29 is 4.92 Å². The Balaban J connectivity index is 2.03. The van der Waals surface area contributed by atoms with Crippen LogP contribution in [0.15, 0.2) is 18.2 Å². The van der Waals surface area contributed by atoms with Crippen LogP contribution >= 0.6 is 0 Å². The maximum absolute atomic E-state index is 10.8. The number of aryl methyl sites for hydroxylation is 1. The van der Waals surface area contributed by atoms with Gasteiger partial charge in [-0.05, 0) is 31.7 Å². The highest BCUT2D eigenvalue weighted by Gasteiger charge is 2.35. The summed E-state index contributed by atoms with van der Waals surface area (Å²) in [6, 6.07) is 5.87. The van der Waals surface area contributed by atoms with Gasteiger partial charge >= 0.3 is 0 Å². The molecule has 17 heavy (non-hydrogen) atoms. The monoisotopic (exact) mass is 234 g/mol. The van der Waals surface area contributed by atoms with E-state index in [0.717, 1.165) is 11.6 Å². The Labute approximate surface area is 101 Å². The van der Waals surface area contributed by atoms with E-state index >= 15 is 0 Å². The minimum atomic E-state index is -0.322. The second-order valence-electron chi connectivity index (χ2n) is 4.79. The highest BCUT2D eigenvalue weighted by Crippen LogP contribution is 2.37. The predicted molar refractivity (Wildman–Crippen MR) is 68.3 cm³/mol. The number of nitro benzene ring substituents is 1. The van der Waals surface area contributed by atoms with Gasteiger partial charge in [0.15, 0.2) is 0 Å². The van der Waals surface area contributed by atoms with E-state index in [-0.39, 0.29) is 10.6 Å². The van der Waals surface area contributed by atoms with Crippen LogP contribution in [0.4, 0.5) is 11.4 Å². The molecule has 1 aliphatic rings. The fourth-order valence-corrected chi connectivity index (χ4v) is 2.22. The van der Waals surface area contributed by atoms with Gasteiger partial charge in [0.25, 0.3) is 5.69 Å². The van der Waals surface area contributed by atoms with Gasteiger partial charge in [0.1, 0.15) is 0 Å². The average Bonchev–Trinajstić information content (AvgIpc) is 2.99. The molecule has 2 rings (SSSR count). The SMILES string of the molecule is CCCC1CC1Nc1ccc(C)c([N+](=O)[O-])c1. The van der Waals surface area contributed by atoms with Crippen molar-refractivity contribution >= 4 is 11.4 Å². The highest BCUT2D eigenvalue weighted by atomic mass is 16.6. The minimum absolute atomic E-state index is 0.197. The van der Waals surface area contributed by atoms with Crippen LogP contribution in [0.3, 0.4) is 0 Å². The van der Waals surface area contributed by atoms with E-state index in [9.17, 15) is 10.1 Å². The van der Waals surface area contributed by atoms with E-state index in [1.54, 1.807) is 19.1 Å². The predicted octanol–water partition coefficient (Wildman–Crippen LogP) is 3.50. The summed E-state index contributed by atoms with van der Waals surface area (Å²) in [5.41, 5.74) is 1.77. The molecule has 0 bridgehead atoms. The first-order valence-corrected chi connectivity index (χ1v) is 6.13. The molecule has 2 atom stereocenters. The van der Waals surface area contributed by atoms with Crippen molar-refractivity contribution in [3.8, 4) is 0 Å². The molecule has 0 saturated heterocycles. The highest BCUT2D eigenvalue weighted by molar-refractivity contribution is 5.55. The van der Waals surface area contributed by atoms with E-state index in [1.807, 2.05) is 6.07 Å². The fourth-order valence-electron chi connectivity index (χ4n) is 2.22. The van der Waals surface area contributed by atoms with Crippen LogP contribution in [0.25, 0.3) is 0 Å². The summed E-state index contributed by atoms with van der Waals surface area (Å²) in [5.74, 6) is 0.750. The van der Waals surface area contributed by atoms with E-state index in [0.29, 0.717) is 11.6 Å². The van der Waals surface area contributed by atoms with E-state index in [4.69, 9.17) is 0 Å². The zero-order chi connectivity index (χ0) is 12.4. The summed E-state index contributed by atoms with van der Waals surface area (Å²) in [7, 11) is 0. The van der Waals surface area contributed by atoms with Crippen molar-refractivity contribution in [1.29, 1.82) is 0 Å². The number of nitro groups is 1. The zero-order valence-corrected chi connectivity index (χ0v) is 10.3. The molecule has 1 aromatic rings. The number of nitrogens with zero attached hydrogens (tertiary/aromatic N) is 1. The van der Waals surface area contributed by atoms with Gasteiger partial charge in [-0.25, -0.2) is 0 Å². The number of benzene rings is 1. The van der Waals surface area contributed by atoms with Gasteiger partial charge in [0.05, 0.1) is 4.92 Å². The summed E-state index contributed by atoms with van der Waals surface area (Å²) in [4.78, 5) is 10.5. The number of rotatable bonds is 5. The molecule has 92 valence electrons. The van der Waals surface area contributed by atoms with Crippen LogP contribution in [0, 0.1) is 23.0 Å². The summed E-state index contributed by atoms with van der Waals surface area (Å²) < 4.78 is 0. The van der Waals surface area contributed by atoms with Crippen molar-refractivity contribution in [2.45, 2.75) is 39.2 Å². The van der Waals surface area contributed by atoms with E-state index < -0.39 is 0 Å². The second-order valence-corrected chi connectivity index (χ2v) is 4.79. The molecular weight excluding hydrogens is 216 g/mol. The quantitative estimate of drug-likeness (QED) is 0.626. The lowest BCUT2D eigenvalue weighted by molar-refractivity contribution is -0.385. The Morgan fingerprint density at radius 3 is 2.94 bits per heavy atom. The maximum atomic E-state index is 10.8. The smallest absolute Gasteiger partial charge is 0.274 e. The van der Waals surface area contributed by atoms with Crippen LogP contribution in [0.1, 0.15) is 31.7 Å². The second kappa shape index (κ2) is 4.73. The van der Waals surface area contributed by atoms with Crippen molar-refractivity contribution in [3.05, 3.63) is 33.9 Å². The molecule has 1 N–H and O–H groups in total. The molecule has 1 aromatic carbocycles. The number of anilines is 1. The molecule has 0 amide bonds. The first-order valence-electron chi connectivity index (χ1n) is 6.13. The molecule has 1 aliphatic carbocycles. The molecule has 1 fully saturated rings. The van der Waals surface area contributed by atoms with Gasteiger partial charge in [0, 0.05) is 23.4 Å². The molecule has 2 unspecified atom stereocenters. The number of hydrogen-bond acceptors (Lipinski definition) is 3. The minimum Gasteiger partial charge on any atom is -0.382 e. The topological polar surface area (TPSA) is 55.2 Å². The van der Waals surface area contributed by atoms with Gasteiger partial charge in [-0.15, -0.1) is 0 Å². The molecule has 0 aliphatic heterocycles. The Hall–Kier alpha value is -1.58. The van der Waals surface area contributed by atoms with Crippen LogP contribution in [-0.2, 0) is 0 Å². The van der Waals surface area contributed by atoms with Crippen LogP contribution in [-0.4, -0.2) is 11.0 Å². The Kier molecular flexibility index (Phi) is 3.31. The van der Waals surface area contributed by atoms with Gasteiger partial charge in [-0.2, -0.15) is 0 Å². The Morgan fingerprint density at radius 2 is 2.29 bits per heavy atom. The molecule has 4 nitrogen and oxygen atoms in total. The first-order chi connectivity index (χ1) is 8.11. The fraction of sp³-hybridized carbons (Fsp3) is 0.538. The normalized spacial score (nSPS) is 22.2. The van der Waals surface area contributed by atoms with Crippen LogP contribution in [0.5, 0.6) is 0 Å². The molecule has 0 aromatic heterocycles. The first kappa shape index (κ1) is 11.9. The van der Waals surface area contributed by atoms with Gasteiger partial charge in [0.2, 0.25) is 0 Å². The van der Waals surface area contributed by atoms with Crippen molar-refractivity contribution in [2.24, 2.45) is 5.92 Å². The number of hydrogen-bond donors (Lipinski definition) is 1. The van der Waals surface area contributed by atoms with Gasteiger partial charge in [-0.1, -0.05) is 19.4 Å². The third kappa shape index (κ3) is 2.75. The Bertz CT molecular complexity index is 431. The molecule has 1 saturated carbocycles. The molecule has 0 spiro atoms. The molecular formula is C13H18N2O2. The molecule has 4 heteroatoms. The largest absolute Gasteiger partial charge is 0.382 e. The Morgan fingerprint density at radius 1 is 1.53 bits per heavy atom. The van der Waals surface area contributed by atoms with Crippen molar-refractivity contribution in [3.63, 3.8) is 0 Å². The standard InChI is InChI=1S/C13H18N2O2/c1-3-4-10-7-12(10)14-11-6-5-9(2)13(8-11)15(16)17/h5-6,8,10,12,14H,3-4,7H2,1-2H3. The summed E-state index contributed by atoms with van der Waals surface area (Å²) in [6.45, 7) is 3.95. The molecule has 0 radical (unpaired) electrons. The maximum Gasteiger partial charge on any atom is 0.274 e. The third-order valence-corrected chi connectivity index (χ3v) is 3.34. The van der Waals surface area contributed by atoms with Gasteiger partial charge < -0.3 is 5.32 Å². The van der Waals surface area contributed by atoms with Crippen molar-refractivity contribution in [2.75, 3.05) is 5.32 Å². The van der Waals surface area contributed by atoms with Gasteiger partial charge in [-0.3, -0.25) is 10.1 Å². The average molecular weight is 234 g/mol.